The molecule has 1 fully saturated rings. The number of benzene rings is 2. The molecule has 0 radical (unpaired) electrons. The molecule has 0 atom stereocenters. The fourth-order valence-corrected chi connectivity index (χ4v) is 4.73. The lowest BCUT2D eigenvalue weighted by Crippen LogP contribution is -2.44. The highest BCUT2D eigenvalue weighted by Crippen LogP contribution is 2.21. The standard InChI is InChI=1S/C22H27N3O5S/c1-15-10-11-16(2)20(12-15)30-14-21(26)23-24-22(27)17-6-5-9-19(13-17)31(28,29)25-18-7-3-4-8-18/h5-6,9-13,18,25H,3-4,7-8,14H2,1-2H3,(H,23,26)(H,24,27). The molecule has 0 heterocycles. The summed E-state index contributed by atoms with van der Waals surface area (Å²) < 4.78 is 33.3. The molecule has 2 amide bonds. The molecule has 166 valence electrons. The average Bonchev–Trinajstić information content (AvgIpc) is 3.25. The van der Waals surface area contributed by atoms with Gasteiger partial charge in [0.2, 0.25) is 10.0 Å². The molecule has 31 heavy (non-hydrogen) atoms. The molecule has 0 spiro atoms. The fraction of sp³-hybridized carbons (Fsp3) is 0.364. The van der Waals surface area contributed by atoms with Gasteiger partial charge in [0.15, 0.2) is 6.61 Å². The van der Waals surface area contributed by atoms with Gasteiger partial charge in [0.05, 0.1) is 4.90 Å². The number of carbonyl (C=O) groups is 2. The highest BCUT2D eigenvalue weighted by atomic mass is 32.2. The van der Waals surface area contributed by atoms with Crippen LogP contribution in [0.25, 0.3) is 0 Å². The third-order valence-electron chi connectivity index (χ3n) is 5.10. The maximum Gasteiger partial charge on any atom is 0.276 e. The van der Waals surface area contributed by atoms with Crippen LogP contribution in [-0.2, 0) is 14.8 Å². The summed E-state index contributed by atoms with van der Waals surface area (Å²) in [6.45, 7) is 3.52. The lowest BCUT2D eigenvalue weighted by molar-refractivity contribution is -0.123. The van der Waals surface area contributed by atoms with Crippen molar-refractivity contribution in [1.29, 1.82) is 0 Å². The van der Waals surface area contributed by atoms with E-state index >= 15 is 0 Å². The van der Waals surface area contributed by atoms with E-state index in [4.69, 9.17) is 4.74 Å². The Kier molecular flexibility index (Phi) is 7.29. The van der Waals surface area contributed by atoms with Crippen molar-refractivity contribution < 1.29 is 22.7 Å². The number of sulfonamides is 1. The van der Waals surface area contributed by atoms with Gasteiger partial charge in [0.25, 0.3) is 11.8 Å². The molecule has 1 saturated carbocycles. The van der Waals surface area contributed by atoms with Crippen LogP contribution in [0.3, 0.4) is 0 Å². The van der Waals surface area contributed by atoms with Crippen LogP contribution in [0.4, 0.5) is 0 Å². The highest BCUT2D eigenvalue weighted by Gasteiger charge is 2.23. The third kappa shape index (κ3) is 6.28. The maximum atomic E-state index is 12.6. The van der Waals surface area contributed by atoms with E-state index in [0.717, 1.165) is 36.8 Å². The Bertz CT molecular complexity index is 1060. The largest absolute Gasteiger partial charge is 0.483 e. The number of rotatable bonds is 7. The Morgan fingerprint density at radius 1 is 1.03 bits per heavy atom. The molecule has 1 aliphatic carbocycles. The number of aryl methyl sites for hydroxylation is 2. The topological polar surface area (TPSA) is 114 Å². The van der Waals surface area contributed by atoms with E-state index < -0.39 is 21.8 Å². The van der Waals surface area contributed by atoms with Crippen LogP contribution in [-0.4, -0.2) is 32.9 Å². The molecule has 0 bridgehead atoms. The van der Waals surface area contributed by atoms with Crippen LogP contribution in [0.5, 0.6) is 5.75 Å². The summed E-state index contributed by atoms with van der Waals surface area (Å²) in [5.41, 5.74) is 6.57. The second kappa shape index (κ2) is 9.93. The molecule has 8 nitrogen and oxygen atoms in total. The molecular weight excluding hydrogens is 418 g/mol. The predicted molar refractivity (Wildman–Crippen MR) is 116 cm³/mol. The van der Waals surface area contributed by atoms with E-state index in [1.165, 1.54) is 24.3 Å². The van der Waals surface area contributed by atoms with Gasteiger partial charge in [-0.1, -0.05) is 31.0 Å². The Balaban J connectivity index is 1.55. The number of hydrogen-bond donors (Lipinski definition) is 3. The Labute approximate surface area is 182 Å². The molecular formula is C22H27N3O5S. The van der Waals surface area contributed by atoms with Gasteiger partial charge in [-0.3, -0.25) is 20.4 Å². The molecule has 1 aliphatic rings. The molecule has 0 aliphatic heterocycles. The minimum Gasteiger partial charge on any atom is -0.483 e. The van der Waals surface area contributed by atoms with Crippen LogP contribution in [0.1, 0.15) is 47.2 Å². The number of carbonyl (C=O) groups excluding carboxylic acids is 2. The Hall–Kier alpha value is -2.91. The molecule has 3 N–H and O–H groups in total. The van der Waals surface area contributed by atoms with Gasteiger partial charge in [0, 0.05) is 11.6 Å². The molecule has 3 rings (SSSR count). The minimum absolute atomic E-state index is 0.0108. The SMILES string of the molecule is Cc1ccc(C)c(OCC(=O)NNC(=O)c2cccc(S(=O)(=O)NC3CCCC3)c2)c1. The van der Waals surface area contributed by atoms with E-state index in [9.17, 15) is 18.0 Å². The molecule has 2 aromatic rings. The Morgan fingerprint density at radius 3 is 2.52 bits per heavy atom. The summed E-state index contributed by atoms with van der Waals surface area (Å²) in [5.74, 6) is -0.576. The zero-order valence-corrected chi connectivity index (χ0v) is 18.4. The van der Waals surface area contributed by atoms with Gasteiger partial charge in [-0.05, 0) is 62.1 Å². The maximum absolute atomic E-state index is 12.6. The smallest absolute Gasteiger partial charge is 0.276 e. The first-order chi connectivity index (χ1) is 14.7. The second-order valence-corrected chi connectivity index (χ2v) is 9.40. The van der Waals surface area contributed by atoms with E-state index in [1.807, 2.05) is 32.0 Å². The summed E-state index contributed by atoms with van der Waals surface area (Å²) in [5, 5.41) is 0. The van der Waals surface area contributed by atoms with E-state index in [1.54, 1.807) is 0 Å². The quantitative estimate of drug-likeness (QED) is 0.566. The molecule has 0 aromatic heterocycles. The number of nitrogens with one attached hydrogen (secondary N) is 3. The molecule has 2 aromatic carbocycles. The summed E-state index contributed by atoms with van der Waals surface area (Å²) >= 11 is 0. The number of amides is 2. The van der Waals surface area contributed by atoms with Crippen LogP contribution >= 0.6 is 0 Å². The number of hydrazine groups is 1. The van der Waals surface area contributed by atoms with E-state index in [-0.39, 0.29) is 23.1 Å². The first kappa shape index (κ1) is 22.8. The number of hydrogen-bond acceptors (Lipinski definition) is 5. The summed E-state index contributed by atoms with van der Waals surface area (Å²) in [6.07, 6.45) is 3.64. The van der Waals surface area contributed by atoms with Crippen LogP contribution in [0.2, 0.25) is 0 Å². The first-order valence-electron chi connectivity index (χ1n) is 10.2. The van der Waals surface area contributed by atoms with Crippen molar-refractivity contribution in [2.24, 2.45) is 0 Å². The zero-order chi connectivity index (χ0) is 22.4. The minimum atomic E-state index is -3.72. The molecule has 0 saturated heterocycles. The van der Waals surface area contributed by atoms with Crippen molar-refractivity contribution in [3.63, 3.8) is 0 Å². The van der Waals surface area contributed by atoms with Crippen molar-refractivity contribution in [1.82, 2.24) is 15.6 Å². The monoisotopic (exact) mass is 445 g/mol. The third-order valence-corrected chi connectivity index (χ3v) is 6.62. The van der Waals surface area contributed by atoms with E-state index in [2.05, 4.69) is 15.6 Å². The van der Waals surface area contributed by atoms with Crippen LogP contribution < -0.4 is 20.3 Å². The van der Waals surface area contributed by atoms with Crippen LogP contribution in [0.15, 0.2) is 47.4 Å². The summed E-state index contributed by atoms with van der Waals surface area (Å²) in [7, 11) is -3.72. The number of ether oxygens (including phenoxy) is 1. The predicted octanol–water partition coefficient (Wildman–Crippen LogP) is 2.36. The molecule has 9 heteroatoms. The fourth-order valence-electron chi connectivity index (χ4n) is 3.38. The van der Waals surface area contributed by atoms with Gasteiger partial charge in [-0.2, -0.15) is 0 Å². The van der Waals surface area contributed by atoms with E-state index in [0.29, 0.717) is 5.75 Å². The van der Waals surface area contributed by atoms with Gasteiger partial charge < -0.3 is 4.74 Å². The van der Waals surface area contributed by atoms with Crippen molar-refractivity contribution >= 4 is 21.8 Å². The van der Waals surface area contributed by atoms with Crippen molar-refractivity contribution in [2.75, 3.05) is 6.61 Å². The highest BCUT2D eigenvalue weighted by molar-refractivity contribution is 7.89. The van der Waals surface area contributed by atoms with Gasteiger partial charge in [0.1, 0.15) is 5.75 Å². The first-order valence-corrected chi connectivity index (χ1v) is 11.6. The average molecular weight is 446 g/mol. The van der Waals surface area contributed by atoms with Gasteiger partial charge >= 0.3 is 0 Å². The Morgan fingerprint density at radius 2 is 1.77 bits per heavy atom. The molecule has 0 unspecified atom stereocenters. The van der Waals surface area contributed by atoms with Crippen molar-refractivity contribution in [2.45, 2.75) is 50.5 Å². The van der Waals surface area contributed by atoms with Crippen LogP contribution in [0, 0.1) is 13.8 Å². The normalized spacial score (nSPS) is 14.3. The van der Waals surface area contributed by atoms with Gasteiger partial charge in [-0.15, -0.1) is 0 Å². The summed E-state index contributed by atoms with van der Waals surface area (Å²) in [4.78, 5) is 24.4. The van der Waals surface area contributed by atoms with Crippen molar-refractivity contribution in [3.8, 4) is 5.75 Å². The van der Waals surface area contributed by atoms with Gasteiger partial charge in [-0.25, -0.2) is 13.1 Å². The van der Waals surface area contributed by atoms with Crippen molar-refractivity contribution in [3.05, 3.63) is 59.2 Å². The lowest BCUT2D eigenvalue weighted by Gasteiger charge is -2.13. The summed E-state index contributed by atoms with van der Waals surface area (Å²) in [6, 6.07) is 11.3. The second-order valence-electron chi connectivity index (χ2n) is 7.69. The lowest BCUT2D eigenvalue weighted by atomic mass is 10.1. The zero-order valence-electron chi connectivity index (χ0n) is 17.6.